The highest BCUT2D eigenvalue weighted by Gasteiger charge is 2.16. The van der Waals surface area contributed by atoms with Crippen molar-refractivity contribution in [3.8, 4) is 0 Å². The van der Waals surface area contributed by atoms with Crippen LogP contribution in [0.3, 0.4) is 0 Å². The van der Waals surface area contributed by atoms with E-state index in [1.165, 1.54) is 0 Å². The molecule has 0 atom stereocenters. The number of halogens is 3. The number of rotatable bonds is 2. The van der Waals surface area contributed by atoms with Gasteiger partial charge >= 0.3 is 0 Å². The molecule has 0 fully saturated rings. The van der Waals surface area contributed by atoms with Crippen molar-refractivity contribution in [1.82, 2.24) is 4.98 Å². The molecule has 0 saturated heterocycles. The van der Waals surface area contributed by atoms with Crippen molar-refractivity contribution in [3.63, 3.8) is 0 Å². The number of nitrogens with one attached hydrogen (secondary N) is 1. The number of anilines is 1. The Morgan fingerprint density at radius 1 is 1.32 bits per heavy atom. The fraction of sp³-hybridized carbons (Fsp3) is 0.0769. The van der Waals surface area contributed by atoms with Gasteiger partial charge < -0.3 is 5.32 Å². The van der Waals surface area contributed by atoms with E-state index in [9.17, 15) is 13.6 Å². The van der Waals surface area contributed by atoms with Crippen LogP contribution >= 0.6 is 11.6 Å². The Balaban J connectivity index is 2.28. The Bertz CT molecular complexity index is 647. The zero-order valence-electron chi connectivity index (χ0n) is 9.88. The maximum absolute atomic E-state index is 13.4. The second kappa shape index (κ2) is 5.32. The molecular formula is C13H9ClF2N2O. The quantitative estimate of drug-likeness (QED) is 0.856. The molecule has 0 aliphatic carbocycles. The minimum atomic E-state index is -1.32. The first kappa shape index (κ1) is 13.4. The predicted octanol–water partition coefficient (Wildman–Crippen LogP) is 3.57. The molecule has 1 heterocycles. The van der Waals surface area contributed by atoms with Crippen molar-refractivity contribution >= 4 is 23.2 Å². The number of hydrogen-bond acceptors (Lipinski definition) is 2. The zero-order chi connectivity index (χ0) is 14.0. The summed E-state index contributed by atoms with van der Waals surface area (Å²) >= 11 is 5.94. The molecule has 0 saturated carbocycles. The van der Waals surface area contributed by atoms with Crippen LogP contribution in [0, 0.1) is 18.7 Å². The maximum Gasteiger partial charge on any atom is 0.258 e. The smallest absolute Gasteiger partial charge is 0.258 e. The Kier molecular flexibility index (Phi) is 3.76. The topological polar surface area (TPSA) is 42.0 Å². The normalized spacial score (nSPS) is 10.3. The van der Waals surface area contributed by atoms with Crippen LogP contribution < -0.4 is 5.32 Å². The van der Waals surface area contributed by atoms with E-state index in [1.807, 2.05) is 6.92 Å². The first-order chi connectivity index (χ1) is 8.99. The summed E-state index contributed by atoms with van der Waals surface area (Å²) in [6, 6.07) is 6.08. The van der Waals surface area contributed by atoms with Gasteiger partial charge in [0.2, 0.25) is 5.95 Å². The molecular weight excluding hydrogens is 274 g/mol. The van der Waals surface area contributed by atoms with E-state index in [0.717, 1.165) is 17.8 Å². The van der Waals surface area contributed by atoms with Crippen LogP contribution in [-0.2, 0) is 0 Å². The summed E-state index contributed by atoms with van der Waals surface area (Å²) in [5.41, 5.74) is 0.821. The van der Waals surface area contributed by atoms with E-state index >= 15 is 0 Å². The van der Waals surface area contributed by atoms with Gasteiger partial charge in [0, 0.05) is 6.20 Å². The summed E-state index contributed by atoms with van der Waals surface area (Å²) in [6.45, 7) is 1.84. The van der Waals surface area contributed by atoms with Crippen LogP contribution in [0.5, 0.6) is 0 Å². The molecule has 0 aliphatic heterocycles. The Labute approximate surface area is 113 Å². The largest absolute Gasteiger partial charge is 0.321 e. The Hall–Kier alpha value is -2.01. The second-order valence-corrected chi connectivity index (χ2v) is 4.31. The molecule has 1 aromatic carbocycles. The molecule has 2 rings (SSSR count). The number of carbonyl (C=O) groups excluding carboxylic acids is 1. The summed E-state index contributed by atoms with van der Waals surface area (Å²) in [7, 11) is 0. The molecule has 0 aliphatic rings. The van der Waals surface area contributed by atoms with E-state index in [4.69, 9.17) is 11.6 Å². The van der Waals surface area contributed by atoms with Crippen LogP contribution in [0.2, 0.25) is 5.02 Å². The van der Waals surface area contributed by atoms with Gasteiger partial charge in [0.15, 0.2) is 5.82 Å². The highest BCUT2D eigenvalue weighted by atomic mass is 35.5. The van der Waals surface area contributed by atoms with E-state index in [1.54, 1.807) is 18.2 Å². The van der Waals surface area contributed by atoms with E-state index in [2.05, 4.69) is 10.3 Å². The number of aryl methyl sites for hydroxylation is 1. The molecule has 1 N–H and O–H groups in total. The molecule has 0 bridgehead atoms. The van der Waals surface area contributed by atoms with Crippen LogP contribution in [0.25, 0.3) is 0 Å². The molecule has 98 valence electrons. The number of aromatic nitrogens is 1. The van der Waals surface area contributed by atoms with Crippen molar-refractivity contribution in [3.05, 3.63) is 58.4 Å². The lowest BCUT2D eigenvalue weighted by molar-refractivity contribution is 0.102. The third-order valence-electron chi connectivity index (χ3n) is 2.46. The first-order valence-electron chi connectivity index (χ1n) is 5.36. The zero-order valence-corrected chi connectivity index (χ0v) is 10.6. The molecule has 0 unspecified atom stereocenters. The highest BCUT2D eigenvalue weighted by Crippen LogP contribution is 2.23. The van der Waals surface area contributed by atoms with Gasteiger partial charge in [-0.3, -0.25) is 4.79 Å². The maximum atomic E-state index is 13.4. The molecule has 3 nitrogen and oxygen atoms in total. The van der Waals surface area contributed by atoms with Gasteiger partial charge in [0.1, 0.15) is 0 Å². The molecule has 0 radical (unpaired) electrons. The van der Waals surface area contributed by atoms with Crippen LogP contribution in [0.4, 0.5) is 14.5 Å². The summed E-state index contributed by atoms with van der Waals surface area (Å²) in [6.07, 6.45) is 1.02. The molecule has 0 spiro atoms. The lowest BCUT2D eigenvalue weighted by atomic mass is 10.2. The number of carbonyl (C=O) groups is 1. The van der Waals surface area contributed by atoms with Crippen molar-refractivity contribution in [1.29, 1.82) is 0 Å². The fourth-order valence-electron chi connectivity index (χ4n) is 1.50. The third-order valence-corrected chi connectivity index (χ3v) is 2.78. The summed E-state index contributed by atoms with van der Waals surface area (Å²) in [5, 5.41) is 2.74. The summed E-state index contributed by atoms with van der Waals surface area (Å²) < 4.78 is 26.3. The van der Waals surface area contributed by atoms with Gasteiger partial charge in [0.25, 0.3) is 5.91 Å². The van der Waals surface area contributed by atoms with Gasteiger partial charge in [-0.05, 0) is 30.7 Å². The lowest BCUT2D eigenvalue weighted by Crippen LogP contribution is -2.15. The average Bonchev–Trinajstić information content (AvgIpc) is 2.36. The average molecular weight is 283 g/mol. The number of benzene rings is 1. The SMILES string of the molecule is Cc1ccc(NC(=O)c2ccnc(F)c2F)c(Cl)c1. The molecule has 6 heteroatoms. The van der Waals surface area contributed by atoms with Crippen LogP contribution in [0.15, 0.2) is 30.5 Å². The van der Waals surface area contributed by atoms with Gasteiger partial charge in [-0.1, -0.05) is 17.7 Å². The second-order valence-electron chi connectivity index (χ2n) is 3.90. The number of hydrogen-bond donors (Lipinski definition) is 1. The number of amides is 1. The summed E-state index contributed by atoms with van der Waals surface area (Å²) in [5.74, 6) is -3.39. The third kappa shape index (κ3) is 2.88. The van der Waals surface area contributed by atoms with Crippen molar-refractivity contribution in [2.45, 2.75) is 6.92 Å². The first-order valence-corrected chi connectivity index (χ1v) is 5.74. The molecule has 2 aromatic rings. The Morgan fingerprint density at radius 2 is 2.05 bits per heavy atom. The minimum Gasteiger partial charge on any atom is -0.321 e. The molecule has 1 amide bonds. The van der Waals surface area contributed by atoms with Gasteiger partial charge in [-0.15, -0.1) is 0 Å². The van der Waals surface area contributed by atoms with E-state index < -0.39 is 23.2 Å². The summed E-state index contributed by atoms with van der Waals surface area (Å²) in [4.78, 5) is 14.9. The lowest BCUT2D eigenvalue weighted by Gasteiger charge is -2.08. The highest BCUT2D eigenvalue weighted by molar-refractivity contribution is 6.34. The van der Waals surface area contributed by atoms with E-state index in [0.29, 0.717) is 10.7 Å². The Morgan fingerprint density at radius 3 is 2.74 bits per heavy atom. The van der Waals surface area contributed by atoms with Crippen LogP contribution in [-0.4, -0.2) is 10.9 Å². The van der Waals surface area contributed by atoms with Crippen molar-refractivity contribution < 1.29 is 13.6 Å². The predicted molar refractivity (Wildman–Crippen MR) is 68.3 cm³/mol. The minimum absolute atomic E-state index is 0.322. The molecule has 19 heavy (non-hydrogen) atoms. The monoisotopic (exact) mass is 282 g/mol. The van der Waals surface area contributed by atoms with Gasteiger partial charge in [-0.2, -0.15) is 4.39 Å². The van der Waals surface area contributed by atoms with Crippen molar-refractivity contribution in [2.75, 3.05) is 5.32 Å². The van der Waals surface area contributed by atoms with Gasteiger partial charge in [-0.25, -0.2) is 9.37 Å². The fourth-order valence-corrected chi connectivity index (χ4v) is 1.79. The number of nitrogens with zero attached hydrogens (tertiary/aromatic N) is 1. The standard InChI is InChI=1S/C13H9ClF2N2O/c1-7-2-3-10(9(14)6-7)18-13(19)8-4-5-17-12(16)11(8)15/h2-6H,1H3,(H,18,19). The van der Waals surface area contributed by atoms with E-state index in [-0.39, 0.29) is 0 Å². The van der Waals surface area contributed by atoms with Gasteiger partial charge in [0.05, 0.1) is 16.3 Å². The number of pyridine rings is 1. The van der Waals surface area contributed by atoms with Crippen molar-refractivity contribution in [2.24, 2.45) is 0 Å². The molecule has 1 aromatic heterocycles. The van der Waals surface area contributed by atoms with Crippen LogP contribution in [0.1, 0.15) is 15.9 Å².